The summed E-state index contributed by atoms with van der Waals surface area (Å²) >= 11 is 11.8. The standard InChI is InChI=1S/C21H25Cl2F3N6O3S/c1-30-12-17(28-29-30)36(34,35)32-8-6-31(7-9-32)20(2-4-21(25,26)5-3-20)13-27-19(33)18-15(23)10-14(22)11-16(18)24/h10-12H,2-9,13H2,1H3,(H,27,33). The Kier molecular flexibility index (Phi) is 7.60. The molecule has 0 atom stereocenters. The van der Waals surface area contributed by atoms with E-state index in [1.807, 2.05) is 4.90 Å². The molecule has 2 aliphatic rings. The third kappa shape index (κ3) is 5.49. The fourth-order valence-corrected chi connectivity index (χ4v) is 6.65. The average molecular weight is 569 g/mol. The Balaban J connectivity index is 1.49. The van der Waals surface area contributed by atoms with Crippen LogP contribution in [0.5, 0.6) is 0 Å². The van der Waals surface area contributed by atoms with Gasteiger partial charge >= 0.3 is 0 Å². The summed E-state index contributed by atoms with van der Waals surface area (Å²) in [5.74, 6) is -4.50. The zero-order valence-electron chi connectivity index (χ0n) is 19.4. The second-order valence-corrected chi connectivity index (χ2v) is 11.9. The third-order valence-corrected chi connectivity index (χ3v) is 9.10. The van der Waals surface area contributed by atoms with Crippen molar-refractivity contribution in [2.75, 3.05) is 32.7 Å². The predicted molar refractivity (Wildman–Crippen MR) is 126 cm³/mol. The Labute approximate surface area is 216 Å². The van der Waals surface area contributed by atoms with E-state index < -0.39 is 33.2 Å². The summed E-state index contributed by atoms with van der Waals surface area (Å²) in [6, 6.07) is 2.21. The molecule has 15 heteroatoms. The lowest BCUT2D eigenvalue weighted by molar-refractivity contribution is -0.0856. The number of carbonyl (C=O) groups excluding carboxylic acids is 1. The molecule has 198 valence electrons. The van der Waals surface area contributed by atoms with Crippen molar-refractivity contribution < 1.29 is 26.4 Å². The van der Waals surface area contributed by atoms with Gasteiger partial charge in [-0.15, -0.1) is 5.10 Å². The van der Waals surface area contributed by atoms with Crippen molar-refractivity contribution in [3.63, 3.8) is 0 Å². The zero-order chi connectivity index (χ0) is 26.3. The van der Waals surface area contributed by atoms with Crippen LogP contribution >= 0.6 is 23.2 Å². The number of hydrogen-bond donors (Lipinski definition) is 1. The molecule has 2 fully saturated rings. The number of aromatic nitrogens is 3. The van der Waals surface area contributed by atoms with Crippen LogP contribution in [0.25, 0.3) is 0 Å². The summed E-state index contributed by atoms with van der Waals surface area (Å²) < 4.78 is 70.8. The Morgan fingerprint density at radius 2 is 1.75 bits per heavy atom. The number of carbonyl (C=O) groups is 1. The van der Waals surface area contributed by atoms with Gasteiger partial charge in [0.25, 0.3) is 15.9 Å². The van der Waals surface area contributed by atoms with Gasteiger partial charge in [0.05, 0.1) is 16.8 Å². The summed E-state index contributed by atoms with van der Waals surface area (Å²) in [4.78, 5) is 14.7. The maximum absolute atomic E-state index is 14.4. The highest BCUT2D eigenvalue weighted by atomic mass is 35.5. The molecule has 1 amide bonds. The van der Waals surface area contributed by atoms with Crippen LogP contribution in [-0.4, -0.2) is 82.7 Å². The number of sulfonamides is 1. The third-order valence-electron chi connectivity index (χ3n) is 6.82. The van der Waals surface area contributed by atoms with E-state index in [9.17, 15) is 26.4 Å². The van der Waals surface area contributed by atoms with Crippen LogP contribution < -0.4 is 5.32 Å². The maximum atomic E-state index is 14.4. The summed E-state index contributed by atoms with van der Waals surface area (Å²) in [6.45, 7) is 0.719. The van der Waals surface area contributed by atoms with E-state index >= 15 is 0 Å². The lowest BCUT2D eigenvalue weighted by Crippen LogP contribution is -2.63. The summed E-state index contributed by atoms with van der Waals surface area (Å²) in [6.07, 6.45) is 0.707. The van der Waals surface area contributed by atoms with E-state index in [0.717, 1.165) is 6.07 Å². The molecule has 0 radical (unpaired) electrons. The molecule has 2 heterocycles. The molecule has 0 bridgehead atoms. The molecule has 1 aliphatic carbocycles. The molecule has 1 aliphatic heterocycles. The van der Waals surface area contributed by atoms with Crippen LogP contribution in [0.1, 0.15) is 36.0 Å². The highest BCUT2D eigenvalue weighted by Gasteiger charge is 2.48. The first-order valence-electron chi connectivity index (χ1n) is 11.3. The molecular formula is C21H25Cl2F3N6O3S. The van der Waals surface area contributed by atoms with Crippen molar-refractivity contribution in [1.82, 2.24) is 29.5 Å². The maximum Gasteiger partial charge on any atom is 0.264 e. The number of hydrogen-bond acceptors (Lipinski definition) is 6. The van der Waals surface area contributed by atoms with Crippen LogP contribution in [0.4, 0.5) is 13.2 Å². The smallest absolute Gasteiger partial charge is 0.264 e. The van der Waals surface area contributed by atoms with Gasteiger partial charge in [-0.2, -0.15) is 4.31 Å². The number of piperazine rings is 1. The molecule has 1 aromatic carbocycles. The minimum atomic E-state index is -3.85. The number of halogens is 5. The number of aryl methyl sites for hydroxylation is 1. The first-order chi connectivity index (χ1) is 16.8. The Hall–Kier alpha value is -1.93. The van der Waals surface area contributed by atoms with Crippen LogP contribution in [0, 0.1) is 5.82 Å². The summed E-state index contributed by atoms with van der Waals surface area (Å²) in [5.41, 5.74) is -1.23. The minimum absolute atomic E-state index is 0.0305. The fourth-order valence-electron chi connectivity index (χ4n) is 4.76. The van der Waals surface area contributed by atoms with E-state index in [2.05, 4.69) is 15.6 Å². The van der Waals surface area contributed by atoms with Crippen molar-refractivity contribution in [3.8, 4) is 0 Å². The van der Waals surface area contributed by atoms with Gasteiger partial charge in [0.1, 0.15) is 5.82 Å². The SMILES string of the molecule is Cn1cc(S(=O)(=O)N2CCN(C3(CNC(=O)c4c(F)cc(Cl)cc4Cl)CCC(F)(F)CC3)CC2)nn1. The van der Waals surface area contributed by atoms with Crippen molar-refractivity contribution in [2.24, 2.45) is 7.05 Å². The molecule has 1 aromatic heterocycles. The van der Waals surface area contributed by atoms with Gasteiger partial charge in [0, 0.05) is 63.2 Å². The average Bonchev–Trinajstić information content (AvgIpc) is 3.25. The van der Waals surface area contributed by atoms with Crippen LogP contribution in [0.3, 0.4) is 0 Å². The van der Waals surface area contributed by atoms with E-state index in [1.54, 1.807) is 7.05 Å². The number of rotatable bonds is 6. The number of alkyl halides is 2. The first kappa shape index (κ1) is 27.1. The van der Waals surface area contributed by atoms with Crippen LogP contribution in [-0.2, 0) is 17.1 Å². The normalized spacial score (nSPS) is 20.8. The summed E-state index contributed by atoms with van der Waals surface area (Å²) in [5, 5.41) is 9.72. The highest BCUT2D eigenvalue weighted by Crippen LogP contribution is 2.42. The predicted octanol–water partition coefficient (Wildman–Crippen LogP) is 2.95. The van der Waals surface area contributed by atoms with Crippen molar-refractivity contribution in [2.45, 2.75) is 42.2 Å². The molecule has 2 aromatic rings. The number of amides is 1. The van der Waals surface area contributed by atoms with E-state index in [4.69, 9.17) is 23.2 Å². The molecule has 9 nitrogen and oxygen atoms in total. The van der Waals surface area contributed by atoms with Crippen LogP contribution in [0.15, 0.2) is 23.4 Å². The Morgan fingerprint density at radius 3 is 2.31 bits per heavy atom. The Morgan fingerprint density at radius 1 is 1.11 bits per heavy atom. The minimum Gasteiger partial charge on any atom is -0.350 e. The highest BCUT2D eigenvalue weighted by molar-refractivity contribution is 7.89. The number of nitrogens with one attached hydrogen (secondary N) is 1. The van der Waals surface area contributed by atoms with Gasteiger partial charge in [0.2, 0.25) is 10.9 Å². The van der Waals surface area contributed by atoms with Crippen molar-refractivity contribution >= 4 is 39.1 Å². The van der Waals surface area contributed by atoms with Gasteiger partial charge < -0.3 is 5.32 Å². The van der Waals surface area contributed by atoms with Gasteiger partial charge in [-0.25, -0.2) is 21.6 Å². The van der Waals surface area contributed by atoms with Crippen LogP contribution in [0.2, 0.25) is 10.0 Å². The number of benzene rings is 1. The second-order valence-electron chi connectivity index (χ2n) is 9.13. The van der Waals surface area contributed by atoms with Crippen molar-refractivity contribution in [3.05, 3.63) is 39.8 Å². The van der Waals surface area contributed by atoms with Gasteiger partial charge in [-0.05, 0) is 25.0 Å². The summed E-state index contributed by atoms with van der Waals surface area (Å²) in [7, 11) is -2.29. The fraction of sp³-hybridized carbons (Fsp3) is 0.571. The quantitative estimate of drug-likeness (QED) is 0.575. The van der Waals surface area contributed by atoms with Gasteiger partial charge in [-0.1, -0.05) is 28.4 Å². The van der Waals surface area contributed by atoms with E-state index in [-0.39, 0.29) is 79.0 Å². The second kappa shape index (κ2) is 10.1. The monoisotopic (exact) mass is 568 g/mol. The van der Waals surface area contributed by atoms with Gasteiger partial charge in [-0.3, -0.25) is 14.4 Å². The molecule has 36 heavy (non-hydrogen) atoms. The topological polar surface area (TPSA) is 100 Å². The molecule has 0 spiro atoms. The molecule has 1 saturated heterocycles. The lowest BCUT2D eigenvalue weighted by Gasteiger charge is -2.50. The molecule has 4 rings (SSSR count). The lowest BCUT2D eigenvalue weighted by atomic mass is 9.78. The molecule has 0 unspecified atom stereocenters. The van der Waals surface area contributed by atoms with E-state index in [0.29, 0.717) is 0 Å². The molecule has 1 N–H and O–H groups in total. The Bertz CT molecular complexity index is 1220. The van der Waals surface area contributed by atoms with Gasteiger partial charge in [0.15, 0.2) is 0 Å². The zero-order valence-corrected chi connectivity index (χ0v) is 21.7. The van der Waals surface area contributed by atoms with E-state index in [1.165, 1.54) is 21.3 Å². The molecule has 1 saturated carbocycles. The first-order valence-corrected chi connectivity index (χ1v) is 13.4. The molecular weight excluding hydrogens is 544 g/mol. The largest absolute Gasteiger partial charge is 0.350 e. The number of nitrogens with zero attached hydrogens (tertiary/aromatic N) is 5. The van der Waals surface area contributed by atoms with Crippen molar-refractivity contribution in [1.29, 1.82) is 0 Å².